The standard InChI is InChI=1S/C26H31ClN4O2S/c1-19-6-8-20(9-7-19)18-34-15-3-12-28-26(32)21-10-13-31(14-11-21)17-24-29-25(30-33-24)22-4-2-5-23(27)16-22/h2,4-9,16,21H,3,10-15,17-18H2,1H3,(H,28,32). The Morgan fingerprint density at radius 1 is 1.21 bits per heavy atom. The number of piperidine rings is 1. The lowest BCUT2D eigenvalue weighted by molar-refractivity contribution is -0.126. The maximum Gasteiger partial charge on any atom is 0.241 e. The first-order chi connectivity index (χ1) is 16.6. The third-order valence-electron chi connectivity index (χ3n) is 6.02. The van der Waals surface area contributed by atoms with Crippen molar-refractivity contribution in [3.63, 3.8) is 0 Å². The number of halogens is 1. The minimum Gasteiger partial charge on any atom is -0.356 e. The molecule has 34 heavy (non-hydrogen) atoms. The van der Waals surface area contributed by atoms with Gasteiger partial charge in [0.05, 0.1) is 6.54 Å². The van der Waals surface area contributed by atoms with Crippen molar-refractivity contribution in [1.29, 1.82) is 0 Å². The molecule has 1 aliphatic heterocycles. The van der Waals surface area contributed by atoms with Crippen LogP contribution in [0.3, 0.4) is 0 Å². The van der Waals surface area contributed by atoms with Gasteiger partial charge in [-0.3, -0.25) is 9.69 Å². The van der Waals surface area contributed by atoms with Crippen LogP contribution in [0.5, 0.6) is 0 Å². The Balaban J connectivity index is 1.11. The third kappa shape index (κ3) is 7.32. The van der Waals surface area contributed by atoms with Crippen molar-refractivity contribution in [2.24, 2.45) is 5.92 Å². The molecule has 1 N–H and O–H groups in total. The minimum absolute atomic E-state index is 0.0844. The molecule has 1 aliphatic rings. The van der Waals surface area contributed by atoms with Gasteiger partial charge in [-0.1, -0.05) is 58.7 Å². The molecule has 0 unspecified atom stereocenters. The summed E-state index contributed by atoms with van der Waals surface area (Å²) in [4.78, 5) is 19.3. The molecule has 1 saturated heterocycles. The SMILES string of the molecule is Cc1ccc(CSCCCNC(=O)C2CCN(Cc3nc(-c4cccc(Cl)c4)no3)CC2)cc1. The van der Waals surface area contributed by atoms with Gasteiger partial charge in [0.15, 0.2) is 0 Å². The number of rotatable bonds is 10. The van der Waals surface area contributed by atoms with Crippen molar-refractivity contribution in [3.05, 3.63) is 70.6 Å². The Morgan fingerprint density at radius 3 is 2.76 bits per heavy atom. The smallest absolute Gasteiger partial charge is 0.241 e. The summed E-state index contributed by atoms with van der Waals surface area (Å²) in [6.07, 6.45) is 2.69. The van der Waals surface area contributed by atoms with E-state index in [1.807, 2.05) is 36.0 Å². The number of likely N-dealkylation sites (tertiary alicyclic amines) is 1. The molecule has 1 amide bonds. The number of aromatic nitrogens is 2. The second kappa shape index (κ2) is 12.4. The summed E-state index contributed by atoms with van der Waals surface area (Å²) in [7, 11) is 0. The first-order valence-electron chi connectivity index (χ1n) is 11.8. The van der Waals surface area contributed by atoms with Gasteiger partial charge >= 0.3 is 0 Å². The lowest BCUT2D eigenvalue weighted by atomic mass is 9.96. The molecule has 3 aromatic rings. The number of nitrogens with one attached hydrogen (secondary N) is 1. The van der Waals surface area contributed by atoms with E-state index in [4.69, 9.17) is 16.1 Å². The highest BCUT2D eigenvalue weighted by Gasteiger charge is 2.25. The highest BCUT2D eigenvalue weighted by molar-refractivity contribution is 7.98. The van der Waals surface area contributed by atoms with Gasteiger partial charge in [-0.2, -0.15) is 16.7 Å². The summed E-state index contributed by atoms with van der Waals surface area (Å²) < 4.78 is 5.43. The quantitative estimate of drug-likeness (QED) is 0.380. The van der Waals surface area contributed by atoms with Crippen molar-refractivity contribution in [2.75, 3.05) is 25.4 Å². The molecule has 0 saturated carbocycles. The number of carbonyl (C=O) groups is 1. The number of carbonyl (C=O) groups excluding carboxylic acids is 1. The molecule has 4 rings (SSSR count). The Labute approximate surface area is 210 Å². The number of hydrogen-bond acceptors (Lipinski definition) is 6. The molecule has 0 radical (unpaired) electrons. The van der Waals surface area contributed by atoms with E-state index in [1.165, 1.54) is 11.1 Å². The van der Waals surface area contributed by atoms with Gasteiger partial charge in [0.1, 0.15) is 0 Å². The van der Waals surface area contributed by atoms with Crippen LogP contribution in [0, 0.1) is 12.8 Å². The molecule has 0 bridgehead atoms. The summed E-state index contributed by atoms with van der Waals surface area (Å²) >= 11 is 7.97. The molecule has 1 fully saturated rings. The van der Waals surface area contributed by atoms with E-state index in [9.17, 15) is 4.79 Å². The third-order valence-corrected chi connectivity index (χ3v) is 7.37. The van der Waals surface area contributed by atoms with Crippen LogP contribution in [-0.2, 0) is 17.1 Å². The van der Waals surface area contributed by atoms with Crippen LogP contribution >= 0.6 is 23.4 Å². The predicted molar refractivity (Wildman–Crippen MR) is 138 cm³/mol. The zero-order valence-corrected chi connectivity index (χ0v) is 21.1. The van der Waals surface area contributed by atoms with Gasteiger partial charge in [-0.15, -0.1) is 0 Å². The highest BCUT2D eigenvalue weighted by Crippen LogP contribution is 2.22. The Kier molecular flexibility index (Phi) is 9.02. The minimum atomic E-state index is 0.0844. The van der Waals surface area contributed by atoms with E-state index < -0.39 is 0 Å². The molecule has 0 aliphatic carbocycles. The van der Waals surface area contributed by atoms with Crippen LogP contribution in [0.15, 0.2) is 53.1 Å². The molecular weight excluding hydrogens is 468 g/mol. The summed E-state index contributed by atoms with van der Waals surface area (Å²) in [5.41, 5.74) is 3.49. The van der Waals surface area contributed by atoms with Crippen molar-refractivity contribution >= 4 is 29.3 Å². The summed E-state index contributed by atoms with van der Waals surface area (Å²) in [5.74, 6) is 3.47. The molecule has 8 heteroatoms. The highest BCUT2D eigenvalue weighted by atomic mass is 35.5. The lowest BCUT2D eigenvalue weighted by Crippen LogP contribution is -2.40. The van der Waals surface area contributed by atoms with Gasteiger partial charge in [0, 0.05) is 28.8 Å². The first kappa shape index (κ1) is 24.8. The van der Waals surface area contributed by atoms with Gasteiger partial charge in [0.25, 0.3) is 0 Å². The summed E-state index contributed by atoms with van der Waals surface area (Å²) in [5, 5.41) is 7.84. The normalized spacial score (nSPS) is 14.9. The van der Waals surface area contributed by atoms with E-state index >= 15 is 0 Å². The van der Waals surface area contributed by atoms with Crippen molar-refractivity contribution in [1.82, 2.24) is 20.4 Å². The maximum absolute atomic E-state index is 12.5. The molecule has 1 aromatic heterocycles. The molecule has 180 valence electrons. The molecule has 0 atom stereocenters. The Hall–Kier alpha value is -2.35. The van der Waals surface area contributed by atoms with Gasteiger partial charge in [-0.05, 0) is 62.7 Å². The average Bonchev–Trinajstić information content (AvgIpc) is 3.31. The second-order valence-corrected chi connectivity index (χ2v) is 10.3. The first-order valence-corrected chi connectivity index (χ1v) is 13.3. The largest absolute Gasteiger partial charge is 0.356 e. The van der Waals surface area contributed by atoms with Crippen LogP contribution in [0.1, 0.15) is 36.3 Å². The van der Waals surface area contributed by atoms with Crippen LogP contribution in [0.25, 0.3) is 11.4 Å². The van der Waals surface area contributed by atoms with Crippen LogP contribution in [0.4, 0.5) is 0 Å². The van der Waals surface area contributed by atoms with Crippen molar-refractivity contribution in [2.45, 2.75) is 38.5 Å². The van der Waals surface area contributed by atoms with Crippen LogP contribution in [0.2, 0.25) is 5.02 Å². The van der Waals surface area contributed by atoms with E-state index in [-0.39, 0.29) is 11.8 Å². The summed E-state index contributed by atoms with van der Waals surface area (Å²) in [6, 6.07) is 16.1. The number of benzene rings is 2. The molecule has 6 nitrogen and oxygen atoms in total. The van der Waals surface area contributed by atoms with E-state index in [0.717, 1.165) is 56.0 Å². The summed E-state index contributed by atoms with van der Waals surface area (Å²) in [6.45, 7) is 5.14. The Morgan fingerprint density at radius 2 is 2.00 bits per heavy atom. The lowest BCUT2D eigenvalue weighted by Gasteiger charge is -2.30. The molecular formula is C26H31ClN4O2S. The molecule has 2 aromatic carbocycles. The fraction of sp³-hybridized carbons (Fsp3) is 0.423. The average molecular weight is 499 g/mol. The van der Waals surface area contributed by atoms with Crippen molar-refractivity contribution < 1.29 is 9.32 Å². The van der Waals surface area contributed by atoms with Crippen LogP contribution < -0.4 is 5.32 Å². The predicted octanol–water partition coefficient (Wildman–Crippen LogP) is 5.35. The van der Waals surface area contributed by atoms with E-state index in [0.29, 0.717) is 23.3 Å². The second-order valence-electron chi connectivity index (χ2n) is 8.76. The number of nitrogens with zero attached hydrogens (tertiary/aromatic N) is 3. The number of amides is 1. The number of hydrogen-bond donors (Lipinski definition) is 1. The fourth-order valence-electron chi connectivity index (χ4n) is 4.01. The van der Waals surface area contributed by atoms with Crippen molar-refractivity contribution in [3.8, 4) is 11.4 Å². The van der Waals surface area contributed by atoms with E-state index in [2.05, 4.69) is 51.5 Å². The van der Waals surface area contributed by atoms with Crippen LogP contribution in [-0.4, -0.2) is 46.3 Å². The van der Waals surface area contributed by atoms with Gasteiger partial charge in [0.2, 0.25) is 17.6 Å². The molecule has 0 spiro atoms. The van der Waals surface area contributed by atoms with Gasteiger partial charge < -0.3 is 9.84 Å². The number of aryl methyl sites for hydroxylation is 1. The van der Waals surface area contributed by atoms with E-state index in [1.54, 1.807) is 0 Å². The number of thioether (sulfide) groups is 1. The zero-order valence-electron chi connectivity index (χ0n) is 19.5. The Bertz CT molecular complexity index is 1060. The molecule has 2 heterocycles. The maximum atomic E-state index is 12.5. The monoisotopic (exact) mass is 498 g/mol. The zero-order chi connectivity index (χ0) is 23.8. The fourth-order valence-corrected chi connectivity index (χ4v) is 5.12. The van der Waals surface area contributed by atoms with Gasteiger partial charge in [-0.25, -0.2) is 0 Å². The topological polar surface area (TPSA) is 71.3 Å².